The van der Waals surface area contributed by atoms with Gasteiger partial charge in [0.05, 0.1) is 23.8 Å². The molecule has 0 aliphatic heterocycles. The Morgan fingerprint density at radius 3 is 2.64 bits per heavy atom. The van der Waals surface area contributed by atoms with Crippen LogP contribution < -0.4 is 5.32 Å². The molecule has 0 aromatic carbocycles. The lowest BCUT2D eigenvalue weighted by atomic mass is 9.49. The predicted molar refractivity (Wildman–Crippen MR) is 122 cm³/mol. The lowest BCUT2D eigenvalue weighted by Gasteiger charge is -2.58. The van der Waals surface area contributed by atoms with Crippen LogP contribution in [0.3, 0.4) is 0 Å². The van der Waals surface area contributed by atoms with Crippen LogP contribution in [0.1, 0.15) is 61.1 Å². The number of rotatable bonds is 6. The molecule has 1 amide bonds. The van der Waals surface area contributed by atoms with Crippen LogP contribution >= 0.6 is 11.6 Å². The zero-order valence-corrected chi connectivity index (χ0v) is 19.7. The Hall–Kier alpha value is -2.72. The highest BCUT2D eigenvalue weighted by molar-refractivity contribution is 6.24. The molecule has 174 valence electrons. The number of hydrogen-bond donors (Lipinski definition) is 1. The Morgan fingerprint density at radius 2 is 2.03 bits per heavy atom. The molecule has 0 unspecified atom stereocenters. The number of furan rings is 1. The van der Waals surface area contributed by atoms with E-state index < -0.39 is 11.3 Å². The van der Waals surface area contributed by atoms with E-state index in [-0.39, 0.29) is 17.5 Å². The summed E-state index contributed by atoms with van der Waals surface area (Å²) in [5, 5.41) is 12.5. The largest absolute Gasteiger partial charge is 0.467 e. The number of nitrogens with one attached hydrogen (secondary N) is 1. The summed E-state index contributed by atoms with van der Waals surface area (Å²) < 4.78 is 12.8. The summed E-state index contributed by atoms with van der Waals surface area (Å²) in [5.41, 5.74) is 1.48. The maximum Gasteiger partial charge on any atom is 0.312 e. The topological polar surface area (TPSA) is 97.3 Å². The van der Waals surface area contributed by atoms with Crippen molar-refractivity contribution in [1.29, 1.82) is 5.26 Å². The van der Waals surface area contributed by atoms with Crippen LogP contribution in [0.4, 0.5) is 5.82 Å². The number of nitriles is 1. The van der Waals surface area contributed by atoms with E-state index in [2.05, 4.69) is 11.4 Å². The van der Waals surface area contributed by atoms with E-state index in [4.69, 9.17) is 20.8 Å². The second-order valence-corrected chi connectivity index (χ2v) is 11.0. The van der Waals surface area contributed by atoms with Crippen molar-refractivity contribution in [2.45, 2.75) is 63.8 Å². The van der Waals surface area contributed by atoms with Gasteiger partial charge in [0.2, 0.25) is 0 Å². The van der Waals surface area contributed by atoms with Crippen LogP contribution in [0, 0.1) is 42.4 Å². The summed E-state index contributed by atoms with van der Waals surface area (Å²) in [7, 11) is 0. The number of nitrogens with zero attached hydrogens (tertiary/aromatic N) is 2. The van der Waals surface area contributed by atoms with E-state index in [1.165, 1.54) is 0 Å². The number of aromatic nitrogens is 1. The summed E-state index contributed by atoms with van der Waals surface area (Å²) >= 11 is 6.83. The van der Waals surface area contributed by atoms with Crippen molar-refractivity contribution >= 4 is 29.3 Å². The number of hydrogen-bond acceptors (Lipinski definition) is 5. The van der Waals surface area contributed by atoms with E-state index in [0.29, 0.717) is 41.9 Å². The van der Waals surface area contributed by atoms with Crippen LogP contribution in [0.2, 0.25) is 0 Å². The van der Waals surface area contributed by atoms with Gasteiger partial charge in [-0.05, 0) is 81.9 Å². The zero-order chi connectivity index (χ0) is 23.4. The van der Waals surface area contributed by atoms with Gasteiger partial charge in [-0.1, -0.05) is 0 Å². The van der Waals surface area contributed by atoms with Gasteiger partial charge in [0, 0.05) is 10.6 Å². The lowest BCUT2D eigenvalue weighted by Crippen LogP contribution is -2.56. The molecule has 2 aromatic rings. The first-order valence-electron chi connectivity index (χ1n) is 11.5. The van der Waals surface area contributed by atoms with Gasteiger partial charge < -0.3 is 19.0 Å². The normalized spacial score (nSPS) is 29.6. The molecular weight excluding hydrogens is 442 g/mol. The molecule has 7 nitrogen and oxygen atoms in total. The minimum Gasteiger partial charge on any atom is -0.467 e. The second kappa shape index (κ2) is 7.95. The second-order valence-electron chi connectivity index (χ2n) is 10.2. The number of halogens is 1. The molecule has 4 aliphatic rings. The lowest BCUT2D eigenvalue weighted by molar-refractivity contribution is -0.171. The number of anilines is 1. The molecule has 4 fully saturated rings. The van der Waals surface area contributed by atoms with Crippen molar-refractivity contribution in [3.63, 3.8) is 0 Å². The van der Waals surface area contributed by atoms with Crippen LogP contribution in [-0.4, -0.2) is 27.9 Å². The maximum atomic E-state index is 13.1. The first-order chi connectivity index (χ1) is 15.7. The van der Waals surface area contributed by atoms with Gasteiger partial charge in [-0.25, -0.2) is 0 Å². The highest BCUT2D eigenvalue weighted by atomic mass is 35.5. The SMILES string of the molecule is Cc1c(C#N)c(NC(=O)COC(=O)C23C[C@H]4C[C@@H](CC(Cl)(C4)C2)C3)n(Cc2ccco2)c1C. The van der Waals surface area contributed by atoms with Crippen molar-refractivity contribution in [3.05, 3.63) is 41.0 Å². The van der Waals surface area contributed by atoms with Crippen molar-refractivity contribution in [2.75, 3.05) is 11.9 Å². The number of amides is 1. The summed E-state index contributed by atoms with van der Waals surface area (Å²) in [6.45, 7) is 3.72. The molecule has 2 heterocycles. The molecule has 2 atom stereocenters. The number of carbonyl (C=O) groups is 2. The first kappa shape index (κ1) is 22.1. The Kier molecular flexibility index (Phi) is 5.32. The Bertz CT molecular complexity index is 1130. The van der Waals surface area contributed by atoms with Crippen molar-refractivity contribution in [1.82, 2.24) is 4.57 Å². The number of alkyl halides is 1. The summed E-state index contributed by atoms with van der Waals surface area (Å²) in [5.74, 6) is 1.26. The summed E-state index contributed by atoms with van der Waals surface area (Å²) in [6, 6.07) is 5.81. The number of carbonyl (C=O) groups excluding carboxylic acids is 2. The molecule has 33 heavy (non-hydrogen) atoms. The van der Waals surface area contributed by atoms with E-state index in [1.807, 2.05) is 24.5 Å². The average molecular weight is 470 g/mol. The van der Waals surface area contributed by atoms with Gasteiger partial charge in [-0.2, -0.15) is 5.26 Å². The van der Waals surface area contributed by atoms with Crippen molar-refractivity contribution in [2.24, 2.45) is 17.3 Å². The first-order valence-corrected chi connectivity index (χ1v) is 11.9. The maximum absolute atomic E-state index is 13.1. The van der Waals surface area contributed by atoms with Gasteiger partial charge >= 0.3 is 5.97 Å². The van der Waals surface area contributed by atoms with Gasteiger partial charge in [0.1, 0.15) is 17.6 Å². The Morgan fingerprint density at radius 1 is 1.30 bits per heavy atom. The van der Waals surface area contributed by atoms with E-state index in [9.17, 15) is 14.9 Å². The third-order valence-electron chi connectivity index (χ3n) is 7.85. The van der Waals surface area contributed by atoms with Gasteiger partial charge in [-0.15, -0.1) is 11.6 Å². The predicted octanol–water partition coefficient (Wildman–Crippen LogP) is 4.68. The van der Waals surface area contributed by atoms with E-state index in [1.54, 1.807) is 12.3 Å². The van der Waals surface area contributed by atoms with Crippen molar-refractivity contribution in [3.8, 4) is 6.07 Å². The third kappa shape index (κ3) is 3.85. The fourth-order valence-electron chi connectivity index (χ4n) is 6.73. The monoisotopic (exact) mass is 469 g/mol. The summed E-state index contributed by atoms with van der Waals surface area (Å²) in [4.78, 5) is 25.6. The standard InChI is InChI=1S/C25H28ClN3O4/c1-15-16(2)29(12-19-4-3-5-32-19)22(20(15)11-27)28-21(30)13-33-23(31)24-7-17-6-18(8-24)10-25(26,9-17)14-24/h3-5,17-18H,6-10,12-14H2,1-2H3,(H,28,30)/t17-,18-,24?,25?/m1/s1. The fourth-order valence-corrected chi connectivity index (χ4v) is 7.42. The summed E-state index contributed by atoms with van der Waals surface area (Å²) in [6.07, 6.45) is 6.93. The van der Waals surface area contributed by atoms with Crippen LogP contribution in [-0.2, 0) is 20.9 Å². The highest BCUT2D eigenvalue weighted by Crippen LogP contribution is 2.64. The third-order valence-corrected chi connectivity index (χ3v) is 8.29. The van der Waals surface area contributed by atoms with Crippen LogP contribution in [0.25, 0.3) is 0 Å². The van der Waals surface area contributed by atoms with E-state index in [0.717, 1.165) is 43.4 Å². The van der Waals surface area contributed by atoms with Crippen molar-refractivity contribution < 1.29 is 18.7 Å². The molecule has 0 radical (unpaired) electrons. The Balaban J connectivity index is 1.29. The van der Waals surface area contributed by atoms with Crippen LogP contribution in [0.5, 0.6) is 0 Å². The minimum absolute atomic E-state index is 0.297. The fraction of sp³-hybridized carbons (Fsp3) is 0.560. The van der Waals surface area contributed by atoms with Crippen LogP contribution in [0.15, 0.2) is 22.8 Å². The molecule has 1 N–H and O–H groups in total. The highest BCUT2D eigenvalue weighted by Gasteiger charge is 2.60. The molecule has 6 rings (SSSR count). The van der Waals surface area contributed by atoms with Gasteiger partial charge in [0.15, 0.2) is 6.61 Å². The quantitative estimate of drug-likeness (QED) is 0.489. The number of esters is 1. The zero-order valence-electron chi connectivity index (χ0n) is 18.9. The molecular formula is C25H28ClN3O4. The minimum atomic E-state index is -0.559. The molecule has 8 heteroatoms. The smallest absolute Gasteiger partial charge is 0.312 e. The van der Waals surface area contributed by atoms with Gasteiger partial charge in [0.25, 0.3) is 5.91 Å². The average Bonchev–Trinajstić information content (AvgIpc) is 3.33. The molecule has 4 saturated carbocycles. The molecule has 0 spiro atoms. The Labute approximate surface area is 198 Å². The number of ether oxygens (including phenoxy) is 1. The molecule has 0 saturated heterocycles. The van der Waals surface area contributed by atoms with Gasteiger partial charge in [-0.3, -0.25) is 9.59 Å². The van der Waals surface area contributed by atoms with E-state index >= 15 is 0 Å². The molecule has 4 aliphatic carbocycles. The molecule has 2 aromatic heterocycles. The molecule has 4 bridgehead atoms.